The molecule has 0 fully saturated rings. The van der Waals surface area contributed by atoms with Gasteiger partial charge in [0.1, 0.15) is 12.8 Å². The Balaban J connectivity index is 0.000000191. The van der Waals surface area contributed by atoms with E-state index in [4.69, 9.17) is 13.1 Å². The molecular formula is C14H12N4O. The van der Waals surface area contributed by atoms with Crippen molar-refractivity contribution >= 4 is 11.6 Å². The molecule has 0 aliphatic rings. The van der Waals surface area contributed by atoms with Crippen LogP contribution in [0.3, 0.4) is 0 Å². The second kappa shape index (κ2) is 6.73. The van der Waals surface area contributed by atoms with Crippen molar-refractivity contribution in [3.8, 4) is 0 Å². The van der Waals surface area contributed by atoms with E-state index < -0.39 is 0 Å². The Morgan fingerprint density at radius 1 is 1.11 bits per heavy atom. The Hall–Kier alpha value is -2.92. The van der Waals surface area contributed by atoms with Crippen molar-refractivity contribution in [3.63, 3.8) is 0 Å². The summed E-state index contributed by atoms with van der Waals surface area (Å²) in [6.07, 6.45) is 2.95. The highest BCUT2D eigenvalue weighted by molar-refractivity contribution is 5.43. The zero-order valence-corrected chi connectivity index (χ0v) is 10.7. The van der Waals surface area contributed by atoms with E-state index in [1.54, 1.807) is 25.3 Å². The fourth-order valence-electron chi connectivity index (χ4n) is 1.32. The van der Waals surface area contributed by atoms with Gasteiger partial charge in [-0.25, -0.2) is 0 Å². The minimum Gasteiger partial charge on any atom is -0.629 e. The molecule has 0 aliphatic heterocycles. The lowest BCUT2D eigenvalue weighted by Crippen LogP contribution is -2.25. The fourth-order valence-corrected chi connectivity index (χ4v) is 1.32. The van der Waals surface area contributed by atoms with Gasteiger partial charge in [-0.3, -0.25) is 0 Å². The topological polar surface area (TPSA) is 48.5 Å². The average Bonchev–Trinajstić information content (AvgIpc) is 2.40. The lowest BCUT2D eigenvalue weighted by Gasteiger charge is -1.98. The van der Waals surface area contributed by atoms with E-state index in [1.807, 2.05) is 19.1 Å². The van der Waals surface area contributed by atoms with Crippen LogP contribution in [0.1, 0.15) is 11.1 Å². The molecule has 2 aromatic rings. The van der Waals surface area contributed by atoms with Crippen LogP contribution in [0.25, 0.3) is 9.69 Å². The van der Waals surface area contributed by atoms with E-state index in [0.717, 1.165) is 5.56 Å². The third kappa shape index (κ3) is 3.79. The Labute approximate surface area is 112 Å². The van der Waals surface area contributed by atoms with Crippen LogP contribution in [0.4, 0.5) is 11.6 Å². The van der Waals surface area contributed by atoms with Crippen molar-refractivity contribution in [1.82, 2.24) is 4.98 Å². The molecule has 0 radical (unpaired) electrons. The molecule has 0 amide bonds. The van der Waals surface area contributed by atoms with Gasteiger partial charge in [-0.15, -0.1) is 4.98 Å². The van der Waals surface area contributed by atoms with Crippen molar-refractivity contribution < 1.29 is 4.73 Å². The van der Waals surface area contributed by atoms with Crippen molar-refractivity contribution in [1.29, 1.82) is 0 Å². The molecule has 19 heavy (non-hydrogen) atoms. The Bertz CT molecular complexity index is 633. The molecule has 0 N–H and O–H groups in total. The molecule has 94 valence electrons. The lowest BCUT2D eigenvalue weighted by molar-refractivity contribution is -0.589. The smallest absolute Gasteiger partial charge is 0.433 e. The van der Waals surface area contributed by atoms with Crippen molar-refractivity contribution in [2.24, 2.45) is 0 Å². The summed E-state index contributed by atoms with van der Waals surface area (Å²) in [6, 6.07) is 7.06. The van der Waals surface area contributed by atoms with Gasteiger partial charge in [0.2, 0.25) is 0 Å². The van der Waals surface area contributed by atoms with Gasteiger partial charge >= 0.3 is 5.82 Å². The maximum atomic E-state index is 10.8. The van der Waals surface area contributed by atoms with E-state index in [1.165, 1.54) is 6.20 Å². The van der Waals surface area contributed by atoms with Crippen LogP contribution in [-0.2, 0) is 0 Å². The molecule has 2 aromatic heterocycles. The first-order valence-corrected chi connectivity index (χ1v) is 5.45. The van der Waals surface area contributed by atoms with Gasteiger partial charge in [-0.1, -0.05) is 18.7 Å². The summed E-state index contributed by atoms with van der Waals surface area (Å²) in [6.45, 7) is 16.9. The molecule has 0 saturated heterocycles. The third-order valence-electron chi connectivity index (χ3n) is 2.32. The summed E-state index contributed by atoms with van der Waals surface area (Å²) in [7, 11) is 0. The van der Waals surface area contributed by atoms with Gasteiger partial charge in [0, 0.05) is 11.6 Å². The Morgan fingerprint density at radius 3 is 2.21 bits per heavy atom. The second-order valence-electron chi connectivity index (χ2n) is 3.71. The highest BCUT2D eigenvalue weighted by Gasteiger charge is 2.05. The third-order valence-corrected chi connectivity index (χ3v) is 2.32. The summed E-state index contributed by atoms with van der Waals surface area (Å²) in [4.78, 5) is 10.1. The zero-order valence-electron chi connectivity index (χ0n) is 10.7. The summed E-state index contributed by atoms with van der Waals surface area (Å²) >= 11 is 0. The second-order valence-corrected chi connectivity index (χ2v) is 3.71. The van der Waals surface area contributed by atoms with Crippen LogP contribution in [0.15, 0.2) is 36.7 Å². The van der Waals surface area contributed by atoms with Crippen LogP contribution < -0.4 is 4.73 Å². The highest BCUT2D eigenvalue weighted by Crippen LogP contribution is 2.11. The minimum absolute atomic E-state index is 0.155. The normalized spacial score (nSPS) is 8.63. The van der Waals surface area contributed by atoms with Gasteiger partial charge in [0.05, 0.1) is 0 Å². The monoisotopic (exact) mass is 252 g/mol. The van der Waals surface area contributed by atoms with E-state index in [-0.39, 0.29) is 5.82 Å². The van der Waals surface area contributed by atoms with Crippen molar-refractivity contribution in [2.45, 2.75) is 13.8 Å². The summed E-state index contributed by atoms with van der Waals surface area (Å²) in [5.41, 5.74) is 1.65. The standard InChI is InChI=1S/C7H6N2O.C7H6N2/c1-6-4-3-5-9(10)7(6)8-2;1-6-4-3-5-9-7(6)8-2/h3-5H,1H3;3-5H,1H3. The van der Waals surface area contributed by atoms with Crippen LogP contribution in [-0.4, -0.2) is 4.98 Å². The molecule has 0 aromatic carbocycles. The summed E-state index contributed by atoms with van der Waals surface area (Å²) in [5.74, 6) is 0.653. The molecule has 5 nitrogen and oxygen atoms in total. The lowest BCUT2D eigenvalue weighted by atomic mass is 10.3. The van der Waals surface area contributed by atoms with Crippen LogP contribution in [0, 0.1) is 32.2 Å². The van der Waals surface area contributed by atoms with Crippen molar-refractivity contribution in [2.75, 3.05) is 0 Å². The quantitative estimate of drug-likeness (QED) is 0.411. The molecule has 0 spiro atoms. The maximum absolute atomic E-state index is 10.8. The SMILES string of the molecule is [C-]#[N+]c1c(C)ccc[n+]1[O-].[C-]#[N+]c1ncccc1C. The Morgan fingerprint density at radius 2 is 1.79 bits per heavy atom. The number of rotatable bonds is 0. The molecule has 0 saturated carbocycles. The molecule has 2 rings (SSSR count). The predicted molar refractivity (Wildman–Crippen MR) is 71.6 cm³/mol. The van der Waals surface area contributed by atoms with Gasteiger partial charge in [-0.05, 0) is 25.5 Å². The number of hydrogen-bond donors (Lipinski definition) is 0. The zero-order chi connectivity index (χ0) is 14.3. The average molecular weight is 252 g/mol. The fraction of sp³-hybridized carbons (Fsp3) is 0.143. The van der Waals surface area contributed by atoms with E-state index in [0.29, 0.717) is 16.1 Å². The minimum atomic E-state index is 0.155. The molecule has 5 heteroatoms. The van der Waals surface area contributed by atoms with Crippen LogP contribution >= 0.6 is 0 Å². The summed E-state index contributed by atoms with van der Waals surface area (Å²) < 4.78 is 0.572. The molecule has 0 atom stereocenters. The molecule has 0 aliphatic carbocycles. The van der Waals surface area contributed by atoms with Crippen molar-refractivity contribution in [3.05, 3.63) is 75.8 Å². The number of nitrogens with zero attached hydrogens (tertiary/aromatic N) is 4. The van der Waals surface area contributed by atoms with Crippen LogP contribution in [0.2, 0.25) is 0 Å². The number of pyridine rings is 2. The van der Waals surface area contributed by atoms with Gasteiger partial charge in [-0.2, -0.15) is 9.58 Å². The van der Waals surface area contributed by atoms with Gasteiger partial charge < -0.3 is 10.1 Å². The first-order valence-electron chi connectivity index (χ1n) is 5.45. The van der Waals surface area contributed by atoms with Gasteiger partial charge in [0.25, 0.3) is 5.82 Å². The van der Waals surface area contributed by atoms with Crippen LogP contribution in [0.5, 0.6) is 0 Å². The van der Waals surface area contributed by atoms with E-state index in [9.17, 15) is 5.21 Å². The first kappa shape index (κ1) is 14.1. The number of hydrogen-bond acceptors (Lipinski definition) is 2. The first-order chi connectivity index (χ1) is 9.10. The molecule has 2 heterocycles. The molecule has 0 bridgehead atoms. The molecular weight excluding hydrogens is 240 g/mol. The molecule has 0 unspecified atom stereocenters. The van der Waals surface area contributed by atoms with E-state index in [2.05, 4.69) is 14.7 Å². The highest BCUT2D eigenvalue weighted by atomic mass is 16.5. The van der Waals surface area contributed by atoms with E-state index >= 15 is 0 Å². The number of aromatic nitrogens is 2. The summed E-state index contributed by atoms with van der Waals surface area (Å²) in [5, 5.41) is 10.8. The maximum Gasteiger partial charge on any atom is 0.433 e. The number of aryl methyl sites for hydroxylation is 2. The predicted octanol–water partition coefficient (Wildman–Crippen LogP) is 3.12. The van der Waals surface area contributed by atoms with Gasteiger partial charge in [0.15, 0.2) is 6.20 Å². The Kier molecular flexibility index (Phi) is 5.01. The largest absolute Gasteiger partial charge is 0.629 e.